The molecular weight excluding hydrogens is 200 g/mol. The van der Waals surface area contributed by atoms with Gasteiger partial charge in [-0.1, -0.05) is 26.0 Å². The van der Waals surface area contributed by atoms with Crippen LogP contribution in [0.25, 0.3) is 10.8 Å². The van der Waals surface area contributed by atoms with Crippen molar-refractivity contribution >= 4 is 22.4 Å². The van der Waals surface area contributed by atoms with Crippen molar-refractivity contribution in [2.45, 2.75) is 13.8 Å². The average Bonchev–Trinajstić information content (AvgIpc) is 2.29. The lowest BCUT2D eigenvalue weighted by molar-refractivity contribution is -0.118. The summed E-state index contributed by atoms with van der Waals surface area (Å²) >= 11 is 0. The van der Waals surface area contributed by atoms with Crippen LogP contribution in [0.5, 0.6) is 0 Å². The minimum absolute atomic E-state index is 0.0166. The predicted molar refractivity (Wildman–Crippen MR) is 65.2 cm³/mol. The molecular formula is C13H14N2O. The van der Waals surface area contributed by atoms with E-state index in [0.29, 0.717) is 0 Å². The van der Waals surface area contributed by atoms with Crippen LogP contribution in [0, 0.1) is 5.92 Å². The van der Waals surface area contributed by atoms with Gasteiger partial charge in [0.1, 0.15) is 0 Å². The molecule has 1 heterocycles. The van der Waals surface area contributed by atoms with E-state index in [1.807, 2.05) is 38.1 Å². The fraction of sp³-hybridized carbons (Fsp3) is 0.231. The molecule has 0 saturated carbocycles. The van der Waals surface area contributed by atoms with Crippen LogP contribution in [0.4, 0.5) is 5.69 Å². The van der Waals surface area contributed by atoms with E-state index in [4.69, 9.17) is 0 Å². The molecule has 1 aromatic heterocycles. The van der Waals surface area contributed by atoms with E-state index < -0.39 is 0 Å². The van der Waals surface area contributed by atoms with Gasteiger partial charge in [-0.3, -0.25) is 9.78 Å². The van der Waals surface area contributed by atoms with Crippen LogP contribution in [0.3, 0.4) is 0 Å². The van der Waals surface area contributed by atoms with Crippen LogP contribution in [0.1, 0.15) is 13.8 Å². The highest BCUT2D eigenvalue weighted by Crippen LogP contribution is 2.22. The smallest absolute Gasteiger partial charge is 0.226 e. The van der Waals surface area contributed by atoms with Crippen molar-refractivity contribution in [3.63, 3.8) is 0 Å². The minimum Gasteiger partial charge on any atom is -0.325 e. The highest BCUT2D eigenvalue weighted by atomic mass is 16.1. The molecule has 0 radical (unpaired) electrons. The molecule has 0 saturated heterocycles. The number of nitrogens with zero attached hydrogens (tertiary/aromatic N) is 1. The molecule has 2 rings (SSSR count). The Morgan fingerprint density at radius 3 is 2.88 bits per heavy atom. The third-order valence-corrected chi connectivity index (χ3v) is 2.46. The summed E-state index contributed by atoms with van der Waals surface area (Å²) in [5.74, 6) is 0.0152. The number of fused-ring (bicyclic) bond motifs is 1. The van der Waals surface area contributed by atoms with Crippen molar-refractivity contribution in [2.75, 3.05) is 5.32 Å². The second-order valence-corrected chi connectivity index (χ2v) is 4.05. The minimum atomic E-state index is -0.0166. The molecule has 2 aromatic rings. The van der Waals surface area contributed by atoms with Crippen molar-refractivity contribution in [1.29, 1.82) is 0 Å². The maximum absolute atomic E-state index is 11.6. The monoisotopic (exact) mass is 214 g/mol. The molecule has 0 bridgehead atoms. The second kappa shape index (κ2) is 4.31. The van der Waals surface area contributed by atoms with Gasteiger partial charge in [-0.05, 0) is 12.1 Å². The molecule has 0 fully saturated rings. The molecule has 0 aliphatic carbocycles. The number of hydrogen-bond donors (Lipinski definition) is 1. The molecule has 0 atom stereocenters. The number of rotatable bonds is 2. The van der Waals surface area contributed by atoms with E-state index in [1.54, 1.807) is 12.4 Å². The molecule has 0 aliphatic rings. The van der Waals surface area contributed by atoms with Gasteiger partial charge in [-0.2, -0.15) is 0 Å². The number of anilines is 1. The van der Waals surface area contributed by atoms with Crippen molar-refractivity contribution in [1.82, 2.24) is 4.98 Å². The van der Waals surface area contributed by atoms with Gasteiger partial charge in [0.2, 0.25) is 5.91 Å². The van der Waals surface area contributed by atoms with Gasteiger partial charge < -0.3 is 5.32 Å². The lowest BCUT2D eigenvalue weighted by Gasteiger charge is -2.10. The fourth-order valence-corrected chi connectivity index (χ4v) is 1.51. The molecule has 82 valence electrons. The highest BCUT2D eigenvalue weighted by Gasteiger charge is 2.08. The summed E-state index contributed by atoms with van der Waals surface area (Å²) in [5, 5.41) is 4.97. The summed E-state index contributed by atoms with van der Waals surface area (Å²) in [4.78, 5) is 15.7. The third-order valence-electron chi connectivity index (χ3n) is 2.46. The summed E-state index contributed by atoms with van der Waals surface area (Å²) in [7, 11) is 0. The van der Waals surface area contributed by atoms with Crippen LogP contribution in [0.2, 0.25) is 0 Å². The average molecular weight is 214 g/mol. The Hall–Kier alpha value is -1.90. The lowest BCUT2D eigenvalue weighted by atomic mass is 10.1. The van der Waals surface area contributed by atoms with E-state index in [0.717, 1.165) is 16.5 Å². The maximum atomic E-state index is 11.6. The Balaban J connectivity index is 2.41. The van der Waals surface area contributed by atoms with Crippen LogP contribution in [-0.4, -0.2) is 10.9 Å². The molecule has 3 heteroatoms. The quantitative estimate of drug-likeness (QED) is 0.835. The Bertz CT molecular complexity index is 515. The van der Waals surface area contributed by atoms with Gasteiger partial charge in [0.25, 0.3) is 0 Å². The summed E-state index contributed by atoms with van der Waals surface area (Å²) in [5.41, 5.74) is 0.846. The Morgan fingerprint density at radius 1 is 1.31 bits per heavy atom. The second-order valence-electron chi connectivity index (χ2n) is 4.05. The number of pyridine rings is 1. The van der Waals surface area contributed by atoms with Crippen LogP contribution < -0.4 is 5.32 Å². The summed E-state index contributed by atoms with van der Waals surface area (Å²) in [6, 6.07) is 7.71. The van der Waals surface area contributed by atoms with Crippen LogP contribution in [0.15, 0.2) is 36.7 Å². The number of carbonyl (C=O) groups is 1. The van der Waals surface area contributed by atoms with Crippen molar-refractivity contribution < 1.29 is 4.79 Å². The number of aromatic nitrogens is 1. The van der Waals surface area contributed by atoms with Gasteiger partial charge in [0.05, 0.1) is 0 Å². The largest absolute Gasteiger partial charge is 0.325 e. The first kappa shape index (κ1) is 10.6. The van der Waals surface area contributed by atoms with E-state index in [-0.39, 0.29) is 11.8 Å². The standard InChI is InChI=1S/C13H14N2O/c1-9(2)13(16)15-12-5-3-4-10-8-14-7-6-11(10)12/h3-9H,1-2H3,(H,15,16). The van der Waals surface area contributed by atoms with Crippen molar-refractivity contribution in [3.05, 3.63) is 36.7 Å². The van der Waals surface area contributed by atoms with Gasteiger partial charge in [0, 0.05) is 34.8 Å². The molecule has 0 aliphatic heterocycles. The van der Waals surface area contributed by atoms with Crippen LogP contribution in [-0.2, 0) is 4.79 Å². The molecule has 3 nitrogen and oxygen atoms in total. The summed E-state index contributed by atoms with van der Waals surface area (Å²) in [6.45, 7) is 3.75. The first-order valence-corrected chi connectivity index (χ1v) is 5.32. The van der Waals surface area contributed by atoms with E-state index >= 15 is 0 Å². The third kappa shape index (κ3) is 2.03. The number of nitrogens with one attached hydrogen (secondary N) is 1. The van der Waals surface area contributed by atoms with Gasteiger partial charge in [0.15, 0.2) is 0 Å². The number of carbonyl (C=O) groups excluding carboxylic acids is 1. The zero-order chi connectivity index (χ0) is 11.5. The maximum Gasteiger partial charge on any atom is 0.226 e. The summed E-state index contributed by atoms with van der Waals surface area (Å²) < 4.78 is 0. The predicted octanol–water partition coefficient (Wildman–Crippen LogP) is 2.83. The Morgan fingerprint density at radius 2 is 2.12 bits per heavy atom. The van der Waals surface area contributed by atoms with Gasteiger partial charge in [-0.15, -0.1) is 0 Å². The molecule has 0 spiro atoms. The Kier molecular flexibility index (Phi) is 2.86. The Labute approximate surface area is 94.5 Å². The molecule has 16 heavy (non-hydrogen) atoms. The number of hydrogen-bond acceptors (Lipinski definition) is 2. The zero-order valence-electron chi connectivity index (χ0n) is 9.40. The zero-order valence-corrected chi connectivity index (χ0v) is 9.40. The number of amides is 1. The first-order valence-electron chi connectivity index (χ1n) is 5.32. The lowest BCUT2D eigenvalue weighted by Crippen LogP contribution is -2.17. The fourth-order valence-electron chi connectivity index (χ4n) is 1.51. The normalized spacial score (nSPS) is 10.7. The SMILES string of the molecule is CC(C)C(=O)Nc1cccc2cnccc12. The van der Waals surface area contributed by atoms with Crippen molar-refractivity contribution in [2.24, 2.45) is 5.92 Å². The van der Waals surface area contributed by atoms with Crippen molar-refractivity contribution in [3.8, 4) is 0 Å². The first-order chi connectivity index (χ1) is 7.68. The van der Waals surface area contributed by atoms with E-state index in [1.165, 1.54) is 0 Å². The van der Waals surface area contributed by atoms with E-state index in [2.05, 4.69) is 10.3 Å². The summed E-state index contributed by atoms with van der Waals surface area (Å²) in [6.07, 6.45) is 3.52. The van der Waals surface area contributed by atoms with Crippen LogP contribution >= 0.6 is 0 Å². The molecule has 1 aromatic carbocycles. The molecule has 1 N–H and O–H groups in total. The topological polar surface area (TPSA) is 42.0 Å². The molecule has 0 unspecified atom stereocenters. The number of benzene rings is 1. The van der Waals surface area contributed by atoms with E-state index in [9.17, 15) is 4.79 Å². The van der Waals surface area contributed by atoms with Gasteiger partial charge in [-0.25, -0.2) is 0 Å². The molecule has 1 amide bonds. The highest BCUT2D eigenvalue weighted by molar-refractivity contribution is 6.02. The van der Waals surface area contributed by atoms with Gasteiger partial charge >= 0.3 is 0 Å².